The number of hydrogen-bond acceptors (Lipinski definition) is 3. The molecule has 0 spiro atoms. The van der Waals surface area contributed by atoms with E-state index >= 15 is 0 Å². The van der Waals surface area contributed by atoms with Crippen LogP contribution in [0.15, 0.2) is 65.6 Å². The van der Waals surface area contributed by atoms with E-state index in [1.807, 2.05) is 20.8 Å². The zero-order chi connectivity index (χ0) is 23.5. The van der Waals surface area contributed by atoms with Gasteiger partial charge in [-0.15, -0.1) is 0 Å². The molecule has 32 heavy (non-hydrogen) atoms. The van der Waals surface area contributed by atoms with E-state index in [0.717, 1.165) is 16.3 Å². The van der Waals surface area contributed by atoms with Crippen LogP contribution in [0.3, 0.4) is 0 Å². The van der Waals surface area contributed by atoms with Crippen LogP contribution in [0.1, 0.15) is 44.0 Å². The Bertz CT molecular complexity index is 1240. The van der Waals surface area contributed by atoms with E-state index in [9.17, 15) is 17.2 Å². The summed E-state index contributed by atoms with van der Waals surface area (Å²) < 4.78 is 56.4. The number of allylic oxidation sites excluding steroid dienone is 1. The standard InChI is InChI=1S/C23H23F2N3O2S.Ni/c1-5-8-16-9-6-7-10-20(16)28-21(15-19(26-28)22(24)25)27-31(29,30)18-13-11-17(12-14-18)23(2,3)4;/h1,5-15,22,27H,2-4H3;/b8-5-;. The molecule has 0 saturated heterocycles. The molecule has 1 aromatic heterocycles. The number of hydrogen-bond donors (Lipinski definition) is 1. The maximum atomic E-state index is 13.4. The Labute approximate surface area is 194 Å². The Morgan fingerprint density at radius 1 is 1.09 bits per heavy atom. The van der Waals surface area contributed by atoms with E-state index in [1.54, 1.807) is 48.6 Å². The first-order valence-corrected chi connectivity index (χ1v) is 11.8. The summed E-state index contributed by atoms with van der Waals surface area (Å²) in [6, 6.07) is 14.4. The van der Waals surface area contributed by atoms with Gasteiger partial charge in [-0.05, 0) is 11.0 Å². The fourth-order valence-corrected chi connectivity index (χ4v) is 4.18. The molecule has 172 valence electrons. The van der Waals surface area contributed by atoms with Gasteiger partial charge in [0.1, 0.15) is 0 Å². The Morgan fingerprint density at radius 2 is 1.75 bits per heavy atom. The Morgan fingerprint density at radius 3 is 2.34 bits per heavy atom. The van der Waals surface area contributed by atoms with Gasteiger partial charge >= 0.3 is 163 Å². The minimum atomic E-state index is -4.04. The molecular formula is C23H23F2N3NiO2S. The second kappa shape index (κ2) is 9.47. The minimum absolute atomic E-state index is 0.0206. The van der Waals surface area contributed by atoms with Crippen LogP contribution < -0.4 is 4.72 Å². The Balaban J connectivity index is 2.06. The third-order valence-corrected chi connectivity index (χ3v) is 6.28. The van der Waals surface area contributed by atoms with Crippen molar-refractivity contribution < 1.29 is 32.2 Å². The van der Waals surface area contributed by atoms with Gasteiger partial charge in [0.15, 0.2) is 0 Å². The number of rotatable bonds is 7. The molecule has 0 fully saturated rings. The van der Waals surface area contributed by atoms with Crippen molar-refractivity contribution in [2.75, 3.05) is 4.72 Å². The molecule has 0 bridgehead atoms. The van der Waals surface area contributed by atoms with Crippen molar-refractivity contribution in [3.63, 3.8) is 0 Å². The molecule has 0 aliphatic rings. The summed E-state index contributed by atoms with van der Waals surface area (Å²) in [7, 11) is -4.04. The van der Waals surface area contributed by atoms with Crippen molar-refractivity contribution in [1.29, 1.82) is 0 Å². The molecule has 0 saturated carbocycles. The average Bonchev–Trinajstić information content (AvgIpc) is 3.15. The van der Waals surface area contributed by atoms with Crippen LogP contribution in [0, 0.1) is 0 Å². The molecule has 0 amide bonds. The zero-order valence-corrected chi connectivity index (χ0v) is 19.5. The second-order valence-corrected chi connectivity index (χ2v) is 10.1. The van der Waals surface area contributed by atoms with Crippen LogP contribution in [0.2, 0.25) is 0 Å². The molecule has 5 nitrogen and oxygen atoms in total. The van der Waals surface area contributed by atoms with Gasteiger partial charge in [0, 0.05) is 0 Å². The van der Waals surface area contributed by atoms with E-state index in [-0.39, 0.29) is 16.1 Å². The van der Waals surface area contributed by atoms with Crippen molar-refractivity contribution in [2.24, 2.45) is 0 Å². The zero-order valence-electron chi connectivity index (χ0n) is 17.7. The fraction of sp³-hybridized carbons (Fsp3) is 0.217. The van der Waals surface area contributed by atoms with Crippen molar-refractivity contribution in [3.8, 4) is 5.69 Å². The summed E-state index contributed by atoms with van der Waals surface area (Å²) in [5.74, 6) is -0.0915. The van der Waals surface area contributed by atoms with Crippen LogP contribution in [-0.4, -0.2) is 23.2 Å². The molecule has 0 aliphatic heterocycles. The van der Waals surface area contributed by atoms with Crippen molar-refractivity contribution in [2.45, 2.75) is 37.5 Å². The number of nitrogens with one attached hydrogen (secondary N) is 1. The third-order valence-electron chi connectivity index (χ3n) is 4.72. The predicted molar refractivity (Wildman–Crippen MR) is 120 cm³/mol. The first-order valence-electron chi connectivity index (χ1n) is 9.70. The number of anilines is 1. The summed E-state index contributed by atoms with van der Waals surface area (Å²) in [6.07, 6.45) is 0.472. The Kier molecular flexibility index (Phi) is 7.10. The van der Waals surface area contributed by atoms with Gasteiger partial charge in [-0.2, -0.15) is 0 Å². The van der Waals surface area contributed by atoms with E-state index in [0.29, 0.717) is 11.3 Å². The SMILES string of the molecule is CC(C)(C)c1ccc(S(=O)(=O)Nc2cc(C(F)F)nn2-c2ccccc2/C=C\[CH]=[Ni])cc1. The number of aromatic nitrogens is 2. The van der Waals surface area contributed by atoms with Gasteiger partial charge in [0.25, 0.3) is 0 Å². The molecule has 1 N–H and O–H groups in total. The molecule has 0 atom stereocenters. The number of benzene rings is 2. The molecule has 0 unspecified atom stereocenters. The normalized spacial score (nSPS) is 12.5. The van der Waals surface area contributed by atoms with Crippen molar-refractivity contribution in [3.05, 3.63) is 77.5 Å². The molecule has 2 aromatic carbocycles. The molecule has 9 heteroatoms. The summed E-state index contributed by atoms with van der Waals surface area (Å²) in [5, 5.41) is 3.95. The van der Waals surface area contributed by atoms with Crippen molar-refractivity contribution >= 4 is 26.9 Å². The number of para-hydroxylation sites is 1. The molecule has 3 rings (SSSR count). The Hall–Kier alpha value is -2.64. The topological polar surface area (TPSA) is 64.0 Å². The monoisotopic (exact) mass is 501 g/mol. The summed E-state index contributed by atoms with van der Waals surface area (Å²) in [6.45, 7) is 6.07. The molecule has 0 aliphatic carbocycles. The molecular weight excluding hydrogens is 479 g/mol. The number of nitrogens with zero attached hydrogens (tertiary/aromatic N) is 2. The quantitative estimate of drug-likeness (QED) is 0.448. The van der Waals surface area contributed by atoms with Crippen LogP contribution >= 0.6 is 0 Å². The summed E-state index contributed by atoms with van der Waals surface area (Å²) in [4.78, 5) is 1.47. The molecule has 0 radical (unpaired) electrons. The first kappa shape index (κ1) is 24.0. The van der Waals surface area contributed by atoms with Crippen LogP contribution in [0.4, 0.5) is 14.6 Å². The van der Waals surface area contributed by atoms with Gasteiger partial charge in [0.2, 0.25) is 0 Å². The van der Waals surface area contributed by atoms with E-state index in [4.69, 9.17) is 0 Å². The molecule has 3 aromatic rings. The summed E-state index contributed by atoms with van der Waals surface area (Å²) >= 11 is 4.51. The van der Waals surface area contributed by atoms with Crippen LogP contribution in [0.5, 0.6) is 0 Å². The number of sulfonamides is 1. The third kappa shape index (κ3) is 5.40. The summed E-state index contributed by atoms with van der Waals surface area (Å²) in [5.41, 5.74) is 1.36. The molecule has 1 heterocycles. The van der Waals surface area contributed by atoms with Crippen molar-refractivity contribution in [1.82, 2.24) is 9.78 Å². The van der Waals surface area contributed by atoms with E-state index in [1.165, 1.54) is 17.1 Å². The van der Waals surface area contributed by atoms with E-state index < -0.39 is 22.1 Å². The van der Waals surface area contributed by atoms with Gasteiger partial charge in [-0.3, -0.25) is 0 Å². The number of halogens is 2. The van der Waals surface area contributed by atoms with Crippen LogP contribution in [-0.2, 0) is 30.5 Å². The average molecular weight is 502 g/mol. The van der Waals surface area contributed by atoms with Gasteiger partial charge < -0.3 is 0 Å². The van der Waals surface area contributed by atoms with Gasteiger partial charge in [-0.25, -0.2) is 0 Å². The van der Waals surface area contributed by atoms with Gasteiger partial charge in [0.05, 0.1) is 0 Å². The maximum absolute atomic E-state index is 13.4. The predicted octanol–water partition coefficient (Wildman–Crippen LogP) is 5.27. The van der Waals surface area contributed by atoms with E-state index in [2.05, 4.69) is 24.9 Å². The first-order chi connectivity index (χ1) is 15.0. The van der Waals surface area contributed by atoms with Crippen LogP contribution in [0.25, 0.3) is 11.8 Å². The number of alkyl halides is 2. The fourth-order valence-electron chi connectivity index (χ4n) is 3.05. The second-order valence-electron chi connectivity index (χ2n) is 8.07. The van der Waals surface area contributed by atoms with Gasteiger partial charge in [-0.1, -0.05) is 20.8 Å².